The molecule has 1 heterocycles. The molecule has 0 N–H and O–H groups in total. The maximum absolute atomic E-state index is 4.13. The van der Waals surface area contributed by atoms with Gasteiger partial charge in [-0.1, -0.05) is 24.3 Å². The minimum Gasteiger partial charge on any atom is -0.283 e. The molecule has 1 aromatic heterocycles. The zero-order valence-electron chi connectivity index (χ0n) is 11.0. The Balaban J connectivity index is 0.000000141. The average molecular weight is 291 g/mol. The van der Waals surface area contributed by atoms with Crippen molar-refractivity contribution in [1.82, 2.24) is 4.98 Å². The average Bonchev–Trinajstić information content (AvgIpc) is 2.96. The molecule has 2 heteroatoms. The molecule has 2 aromatic carbocycles. The molecule has 1 aliphatic carbocycles. The van der Waals surface area contributed by atoms with Gasteiger partial charge in [-0.15, -0.1) is 29.5 Å². The van der Waals surface area contributed by atoms with Crippen LogP contribution in [0.1, 0.15) is 11.1 Å². The van der Waals surface area contributed by atoms with Gasteiger partial charge in [0.15, 0.2) is 0 Å². The Morgan fingerprint density at radius 1 is 0.950 bits per heavy atom. The van der Waals surface area contributed by atoms with E-state index in [0.29, 0.717) is 0 Å². The van der Waals surface area contributed by atoms with Gasteiger partial charge in [0.25, 0.3) is 0 Å². The third-order valence-electron chi connectivity index (χ3n) is 3.04. The van der Waals surface area contributed by atoms with E-state index in [2.05, 4.69) is 47.5 Å². The molecule has 4 rings (SSSR count). The predicted molar refractivity (Wildman–Crippen MR) is 78.4 cm³/mol. The number of rotatable bonds is 0. The molecule has 0 saturated carbocycles. The Hall–Kier alpha value is -1.70. The second kappa shape index (κ2) is 7.18. The number of hydrogen-bond donors (Lipinski definition) is 0. The van der Waals surface area contributed by atoms with Gasteiger partial charge in [-0.05, 0) is 5.52 Å². The standard InChI is InChI=1S/C9H6N.C9H7.Ti/c1-2-6-9-8(4-1)5-3-7-10-9;1-2-5-9-7-3-6-8(9)4-1;/h1-5,7H;1-2,4-6H,7H2;/q2*-1;+2. The molecular formula is C18H13NTi. The first-order chi connectivity index (χ1) is 9.43. The second-order valence-corrected chi connectivity index (χ2v) is 4.34. The zero-order chi connectivity index (χ0) is 12.9. The first kappa shape index (κ1) is 14.7. The summed E-state index contributed by atoms with van der Waals surface area (Å²) in [5.74, 6) is 0. The number of nitrogens with zero attached hydrogens (tertiary/aromatic N) is 1. The van der Waals surface area contributed by atoms with E-state index in [4.69, 9.17) is 0 Å². The molecule has 0 aliphatic heterocycles. The number of benzene rings is 2. The van der Waals surface area contributed by atoms with E-state index in [-0.39, 0.29) is 21.7 Å². The van der Waals surface area contributed by atoms with E-state index < -0.39 is 0 Å². The first-order valence-electron chi connectivity index (χ1n) is 6.29. The van der Waals surface area contributed by atoms with Gasteiger partial charge in [0.2, 0.25) is 0 Å². The second-order valence-electron chi connectivity index (χ2n) is 4.34. The van der Waals surface area contributed by atoms with E-state index in [1.165, 1.54) is 11.1 Å². The van der Waals surface area contributed by atoms with Crippen molar-refractivity contribution in [1.29, 1.82) is 0 Å². The number of pyridine rings is 1. The molecule has 0 bridgehead atoms. The van der Waals surface area contributed by atoms with Gasteiger partial charge in [0, 0.05) is 6.20 Å². The summed E-state index contributed by atoms with van der Waals surface area (Å²) in [6.45, 7) is 0. The van der Waals surface area contributed by atoms with Crippen LogP contribution < -0.4 is 0 Å². The molecule has 1 nitrogen and oxygen atoms in total. The Morgan fingerprint density at radius 2 is 1.80 bits per heavy atom. The molecule has 0 fully saturated rings. The largest absolute Gasteiger partial charge is 2.00 e. The third-order valence-corrected chi connectivity index (χ3v) is 3.04. The summed E-state index contributed by atoms with van der Waals surface area (Å²) in [7, 11) is 0. The van der Waals surface area contributed by atoms with E-state index in [0.717, 1.165) is 17.3 Å². The summed E-state index contributed by atoms with van der Waals surface area (Å²) in [6, 6.07) is 21.2. The van der Waals surface area contributed by atoms with Crippen molar-refractivity contribution in [2.24, 2.45) is 0 Å². The molecule has 20 heavy (non-hydrogen) atoms. The van der Waals surface area contributed by atoms with Crippen LogP contribution in [0.4, 0.5) is 0 Å². The van der Waals surface area contributed by atoms with Crippen LogP contribution in [0.5, 0.6) is 0 Å². The number of para-hydroxylation sites is 1. The van der Waals surface area contributed by atoms with E-state index >= 15 is 0 Å². The van der Waals surface area contributed by atoms with Crippen molar-refractivity contribution < 1.29 is 21.7 Å². The van der Waals surface area contributed by atoms with Gasteiger partial charge in [-0.25, -0.2) is 6.08 Å². The summed E-state index contributed by atoms with van der Waals surface area (Å²) in [5.41, 5.74) is 3.67. The van der Waals surface area contributed by atoms with E-state index in [9.17, 15) is 0 Å². The van der Waals surface area contributed by atoms with Crippen molar-refractivity contribution >= 4 is 17.0 Å². The fourth-order valence-corrected chi connectivity index (χ4v) is 2.06. The monoisotopic (exact) mass is 291 g/mol. The SMILES string of the molecule is [C-]1=Cc2ccccc2C1.[Ti+2].[c-]1cccc2cccnc12. The van der Waals surface area contributed by atoms with Crippen LogP contribution in [-0.2, 0) is 28.1 Å². The summed E-state index contributed by atoms with van der Waals surface area (Å²) in [5, 5.41) is 1.14. The van der Waals surface area contributed by atoms with Crippen molar-refractivity contribution in [3.05, 3.63) is 84.1 Å². The van der Waals surface area contributed by atoms with Gasteiger partial charge < -0.3 is 0 Å². The van der Waals surface area contributed by atoms with E-state index in [1.54, 1.807) is 6.20 Å². The normalized spacial score (nSPS) is 11.2. The van der Waals surface area contributed by atoms with Crippen molar-refractivity contribution in [2.45, 2.75) is 6.42 Å². The van der Waals surface area contributed by atoms with Crippen molar-refractivity contribution in [3.8, 4) is 0 Å². The molecule has 0 radical (unpaired) electrons. The number of aromatic nitrogens is 1. The summed E-state index contributed by atoms with van der Waals surface area (Å²) >= 11 is 0. The summed E-state index contributed by atoms with van der Waals surface area (Å²) in [6.07, 6.45) is 7.99. The zero-order valence-corrected chi connectivity index (χ0v) is 12.6. The van der Waals surface area contributed by atoms with Crippen LogP contribution in [-0.4, -0.2) is 4.98 Å². The molecule has 94 valence electrons. The van der Waals surface area contributed by atoms with Crippen LogP contribution >= 0.6 is 0 Å². The Bertz CT molecular complexity index is 654. The Kier molecular flexibility index (Phi) is 5.28. The van der Waals surface area contributed by atoms with Crippen molar-refractivity contribution in [2.75, 3.05) is 0 Å². The molecule has 3 aromatic rings. The van der Waals surface area contributed by atoms with Crippen LogP contribution in [0.3, 0.4) is 0 Å². The quantitative estimate of drug-likeness (QED) is 0.449. The van der Waals surface area contributed by atoms with Crippen LogP contribution in [0, 0.1) is 12.1 Å². The number of fused-ring (bicyclic) bond motifs is 2. The van der Waals surface area contributed by atoms with Gasteiger partial charge in [0.1, 0.15) is 0 Å². The van der Waals surface area contributed by atoms with Gasteiger partial charge >= 0.3 is 21.7 Å². The van der Waals surface area contributed by atoms with Crippen LogP contribution in [0.15, 0.2) is 60.8 Å². The molecule has 1 aliphatic rings. The maximum Gasteiger partial charge on any atom is 2.00 e. The topological polar surface area (TPSA) is 12.9 Å². The molecular weight excluding hydrogens is 278 g/mol. The van der Waals surface area contributed by atoms with Crippen LogP contribution in [0.25, 0.3) is 17.0 Å². The van der Waals surface area contributed by atoms with Crippen molar-refractivity contribution in [3.63, 3.8) is 0 Å². The van der Waals surface area contributed by atoms with Gasteiger partial charge in [-0.2, -0.15) is 29.8 Å². The maximum atomic E-state index is 4.13. The summed E-state index contributed by atoms with van der Waals surface area (Å²) < 4.78 is 0. The van der Waals surface area contributed by atoms with Gasteiger partial charge in [0.05, 0.1) is 0 Å². The predicted octanol–water partition coefficient (Wildman–Crippen LogP) is 4.09. The third kappa shape index (κ3) is 3.44. The molecule has 0 amide bonds. The molecule has 0 spiro atoms. The smallest absolute Gasteiger partial charge is 0.283 e. The first-order valence-corrected chi connectivity index (χ1v) is 6.29. The van der Waals surface area contributed by atoms with Crippen LogP contribution in [0.2, 0.25) is 0 Å². The molecule has 0 atom stereocenters. The minimum absolute atomic E-state index is 0. The van der Waals surface area contributed by atoms with E-state index in [1.807, 2.05) is 30.3 Å². The summed E-state index contributed by atoms with van der Waals surface area (Å²) in [4.78, 5) is 4.13. The fraction of sp³-hybridized carbons (Fsp3) is 0.0556. The molecule has 0 unspecified atom stereocenters. The Morgan fingerprint density at radius 3 is 2.65 bits per heavy atom. The fourth-order valence-electron chi connectivity index (χ4n) is 2.06. The Labute approximate surface area is 134 Å². The number of hydrogen-bond acceptors (Lipinski definition) is 1. The molecule has 0 saturated heterocycles. The minimum atomic E-state index is 0. The number of allylic oxidation sites excluding steroid dienone is 1. The van der Waals surface area contributed by atoms with Gasteiger partial charge in [-0.3, -0.25) is 11.1 Å².